The van der Waals surface area contributed by atoms with Crippen molar-refractivity contribution in [2.24, 2.45) is 0 Å². The minimum Gasteiger partial charge on any atom is -0.384 e. The molecule has 0 spiro atoms. The molecule has 2 N–H and O–H groups in total. The maximum atomic E-state index is 5.80. The Bertz CT molecular complexity index is 275. The van der Waals surface area contributed by atoms with E-state index in [1.165, 1.54) is 0 Å². The Morgan fingerprint density at radius 2 is 2.15 bits per heavy atom. The number of rotatable bonds is 3. The smallest absolute Gasteiger partial charge is 0.124 e. The summed E-state index contributed by atoms with van der Waals surface area (Å²) in [6.07, 6.45) is 1.72. The van der Waals surface area contributed by atoms with Gasteiger partial charge in [0.05, 0.1) is 12.7 Å². The van der Waals surface area contributed by atoms with Crippen LogP contribution in [0.25, 0.3) is 0 Å². The van der Waals surface area contributed by atoms with Gasteiger partial charge in [0, 0.05) is 6.04 Å². The molecular weight excluding hydrogens is 164 g/mol. The number of nitrogens with two attached hydrogens (primary N) is 1. The van der Waals surface area contributed by atoms with Crippen LogP contribution in [-0.2, 0) is 6.54 Å². The van der Waals surface area contributed by atoms with Crippen molar-refractivity contribution >= 4 is 5.82 Å². The van der Waals surface area contributed by atoms with Crippen LogP contribution in [0.15, 0.2) is 6.20 Å². The van der Waals surface area contributed by atoms with E-state index < -0.39 is 0 Å². The number of hydrogen-bond acceptors (Lipinski definition) is 3. The topological polar surface area (TPSA) is 47.1 Å². The van der Waals surface area contributed by atoms with Gasteiger partial charge >= 0.3 is 0 Å². The summed E-state index contributed by atoms with van der Waals surface area (Å²) in [5.41, 5.74) is 5.80. The average Bonchev–Trinajstić information content (AvgIpc) is 2.30. The molecular formula is C9H18N4. The molecule has 74 valence electrons. The van der Waals surface area contributed by atoms with E-state index in [9.17, 15) is 0 Å². The zero-order valence-corrected chi connectivity index (χ0v) is 8.78. The number of nitrogen functional groups attached to an aromatic ring is 1. The van der Waals surface area contributed by atoms with Gasteiger partial charge in [-0.3, -0.25) is 0 Å². The first-order valence-electron chi connectivity index (χ1n) is 4.48. The Morgan fingerprint density at radius 1 is 1.54 bits per heavy atom. The lowest BCUT2D eigenvalue weighted by Gasteiger charge is -2.15. The summed E-state index contributed by atoms with van der Waals surface area (Å²) in [7, 11) is 4.05. The van der Waals surface area contributed by atoms with Crippen LogP contribution in [0.2, 0.25) is 0 Å². The van der Waals surface area contributed by atoms with Gasteiger partial charge in [-0.15, -0.1) is 0 Å². The van der Waals surface area contributed by atoms with Gasteiger partial charge in [-0.05, 0) is 27.9 Å². The molecule has 0 bridgehead atoms. The van der Waals surface area contributed by atoms with Gasteiger partial charge in [0.15, 0.2) is 0 Å². The highest BCUT2D eigenvalue weighted by Crippen LogP contribution is 2.15. The molecule has 0 aromatic carbocycles. The van der Waals surface area contributed by atoms with Gasteiger partial charge in [0.2, 0.25) is 0 Å². The largest absolute Gasteiger partial charge is 0.384 e. The molecule has 1 aromatic rings. The zero-order chi connectivity index (χ0) is 10.0. The van der Waals surface area contributed by atoms with Crippen LogP contribution in [0.3, 0.4) is 0 Å². The van der Waals surface area contributed by atoms with Gasteiger partial charge in [-0.1, -0.05) is 0 Å². The summed E-state index contributed by atoms with van der Waals surface area (Å²) < 4.78 is 2.06. The van der Waals surface area contributed by atoms with Crippen molar-refractivity contribution in [1.29, 1.82) is 0 Å². The highest BCUT2D eigenvalue weighted by atomic mass is 15.2. The van der Waals surface area contributed by atoms with Crippen molar-refractivity contribution in [3.8, 4) is 0 Å². The van der Waals surface area contributed by atoms with Crippen molar-refractivity contribution in [3.05, 3.63) is 12.0 Å². The number of imidazole rings is 1. The molecule has 4 heteroatoms. The van der Waals surface area contributed by atoms with Crippen LogP contribution < -0.4 is 5.73 Å². The zero-order valence-electron chi connectivity index (χ0n) is 8.78. The lowest BCUT2D eigenvalue weighted by molar-refractivity contribution is 0.376. The summed E-state index contributed by atoms with van der Waals surface area (Å²) in [4.78, 5) is 6.36. The van der Waals surface area contributed by atoms with Gasteiger partial charge in [-0.25, -0.2) is 4.98 Å². The molecule has 0 saturated carbocycles. The van der Waals surface area contributed by atoms with Gasteiger partial charge in [0.1, 0.15) is 11.6 Å². The van der Waals surface area contributed by atoms with E-state index in [1.807, 2.05) is 14.1 Å². The molecule has 0 aliphatic heterocycles. The number of anilines is 1. The minimum atomic E-state index is 0.373. The van der Waals surface area contributed by atoms with Crippen LogP contribution in [0.1, 0.15) is 25.7 Å². The van der Waals surface area contributed by atoms with E-state index in [-0.39, 0.29) is 0 Å². The summed E-state index contributed by atoms with van der Waals surface area (Å²) in [6, 6.07) is 0.373. The predicted octanol–water partition coefficient (Wildman–Crippen LogP) is 1.11. The predicted molar refractivity (Wildman–Crippen MR) is 54.4 cm³/mol. The summed E-state index contributed by atoms with van der Waals surface area (Å²) in [5, 5.41) is 0. The molecule has 0 aliphatic carbocycles. The SMILES string of the molecule is CC(C)n1c(N)cnc1CN(C)C. The molecule has 1 aromatic heterocycles. The standard InChI is InChI=1S/C9H18N4/c1-7(2)13-8(10)5-11-9(13)6-12(3)4/h5,7H,6,10H2,1-4H3. The van der Waals surface area contributed by atoms with Gasteiger partial charge < -0.3 is 15.2 Å². The Morgan fingerprint density at radius 3 is 2.62 bits per heavy atom. The lowest BCUT2D eigenvalue weighted by Crippen LogP contribution is -2.17. The van der Waals surface area contributed by atoms with Crippen LogP contribution >= 0.6 is 0 Å². The molecule has 1 rings (SSSR count). The van der Waals surface area contributed by atoms with Crippen molar-refractivity contribution in [2.75, 3.05) is 19.8 Å². The van der Waals surface area contributed by atoms with Crippen LogP contribution in [0.4, 0.5) is 5.82 Å². The van der Waals surface area contributed by atoms with E-state index >= 15 is 0 Å². The van der Waals surface area contributed by atoms with E-state index in [2.05, 4.69) is 28.3 Å². The summed E-state index contributed by atoms with van der Waals surface area (Å²) in [6.45, 7) is 5.05. The Balaban J connectivity index is 2.94. The van der Waals surface area contributed by atoms with Crippen LogP contribution in [0.5, 0.6) is 0 Å². The first kappa shape index (κ1) is 10.1. The van der Waals surface area contributed by atoms with Crippen molar-refractivity contribution in [1.82, 2.24) is 14.5 Å². The third kappa shape index (κ3) is 2.21. The highest BCUT2D eigenvalue weighted by molar-refractivity contribution is 5.28. The van der Waals surface area contributed by atoms with Crippen molar-refractivity contribution in [3.63, 3.8) is 0 Å². The van der Waals surface area contributed by atoms with E-state index in [0.717, 1.165) is 18.2 Å². The van der Waals surface area contributed by atoms with E-state index in [4.69, 9.17) is 5.73 Å². The third-order valence-electron chi connectivity index (χ3n) is 1.88. The second-order valence-corrected chi connectivity index (χ2v) is 3.80. The quantitative estimate of drug-likeness (QED) is 0.761. The van der Waals surface area contributed by atoms with Crippen LogP contribution in [0, 0.1) is 0 Å². The maximum absolute atomic E-state index is 5.80. The molecule has 4 nitrogen and oxygen atoms in total. The van der Waals surface area contributed by atoms with Crippen LogP contribution in [-0.4, -0.2) is 28.5 Å². The van der Waals surface area contributed by atoms with E-state index in [0.29, 0.717) is 6.04 Å². The molecule has 0 saturated heterocycles. The summed E-state index contributed by atoms with van der Waals surface area (Å²) >= 11 is 0. The average molecular weight is 182 g/mol. The molecule has 0 unspecified atom stereocenters. The monoisotopic (exact) mass is 182 g/mol. The second kappa shape index (κ2) is 3.79. The molecule has 0 atom stereocenters. The second-order valence-electron chi connectivity index (χ2n) is 3.80. The number of aromatic nitrogens is 2. The molecule has 0 amide bonds. The third-order valence-corrected chi connectivity index (χ3v) is 1.88. The van der Waals surface area contributed by atoms with Gasteiger partial charge in [-0.2, -0.15) is 0 Å². The van der Waals surface area contributed by atoms with Crippen molar-refractivity contribution in [2.45, 2.75) is 26.4 Å². The minimum absolute atomic E-state index is 0.373. The Hall–Kier alpha value is -1.03. The van der Waals surface area contributed by atoms with E-state index in [1.54, 1.807) is 6.20 Å². The molecule has 0 aliphatic rings. The fraction of sp³-hybridized carbons (Fsp3) is 0.667. The number of nitrogens with zero attached hydrogens (tertiary/aromatic N) is 3. The fourth-order valence-electron chi connectivity index (χ4n) is 1.41. The molecule has 0 fully saturated rings. The highest BCUT2D eigenvalue weighted by Gasteiger charge is 2.10. The van der Waals surface area contributed by atoms with Gasteiger partial charge in [0.25, 0.3) is 0 Å². The summed E-state index contributed by atoms with van der Waals surface area (Å²) in [5.74, 6) is 1.77. The Labute approximate surface area is 79.4 Å². The Kier molecular flexibility index (Phi) is 2.93. The maximum Gasteiger partial charge on any atom is 0.124 e. The normalized spacial score (nSPS) is 11.5. The lowest BCUT2D eigenvalue weighted by atomic mass is 10.3. The first-order valence-corrected chi connectivity index (χ1v) is 4.48. The first-order chi connectivity index (χ1) is 6.02. The fourth-order valence-corrected chi connectivity index (χ4v) is 1.41. The molecule has 1 heterocycles. The molecule has 0 radical (unpaired) electrons. The van der Waals surface area contributed by atoms with Crippen molar-refractivity contribution < 1.29 is 0 Å². The molecule has 13 heavy (non-hydrogen) atoms. The number of hydrogen-bond donors (Lipinski definition) is 1.